The lowest BCUT2D eigenvalue weighted by atomic mass is 9.98. The van der Waals surface area contributed by atoms with E-state index in [9.17, 15) is 0 Å². The third kappa shape index (κ3) is 2.77. The molecule has 6 heteroatoms. The summed E-state index contributed by atoms with van der Waals surface area (Å²) in [7, 11) is 1.86. The van der Waals surface area contributed by atoms with Gasteiger partial charge in [-0.15, -0.1) is 0 Å². The highest BCUT2D eigenvalue weighted by molar-refractivity contribution is 5.96. The van der Waals surface area contributed by atoms with Gasteiger partial charge < -0.3 is 10.3 Å². The summed E-state index contributed by atoms with van der Waals surface area (Å²) >= 11 is 0. The molecule has 3 N–H and O–H groups in total. The van der Waals surface area contributed by atoms with Gasteiger partial charge >= 0.3 is 0 Å². The van der Waals surface area contributed by atoms with E-state index < -0.39 is 0 Å². The first-order chi connectivity index (χ1) is 14.2. The van der Waals surface area contributed by atoms with Gasteiger partial charge in [0.25, 0.3) is 0 Å². The van der Waals surface area contributed by atoms with Crippen molar-refractivity contribution in [2.24, 2.45) is 0 Å². The van der Waals surface area contributed by atoms with E-state index in [1.54, 1.807) is 0 Å². The average molecular weight is 380 g/mol. The number of hydrogen-bond acceptors (Lipinski definition) is 4. The van der Waals surface area contributed by atoms with Crippen LogP contribution in [0.25, 0.3) is 50.1 Å². The normalized spacial score (nSPS) is 11.2. The third-order valence-corrected chi connectivity index (χ3v) is 5.36. The van der Waals surface area contributed by atoms with Gasteiger partial charge in [0.2, 0.25) is 0 Å². The number of fused-ring (bicyclic) bond motifs is 2. The molecule has 4 aromatic heterocycles. The summed E-state index contributed by atoms with van der Waals surface area (Å²) in [4.78, 5) is 12.4. The van der Waals surface area contributed by atoms with Crippen molar-refractivity contribution in [2.45, 2.75) is 6.92 Å². The minimum atomic E-state index is 0.684. The van der Waals surface area contributed by atoms with Crippen LogP contribution >= 0.6 is 0 Å². The zero-order valence-electron chi connectivity index (χ0n) is 16.2. The summed E-state index contributed by atoms with van der Waals surface area (Å²) in [6, 6.07) is 12.5. The molecule has 0 unspecified atom stereocenters. The molecule has 0 fully saturated rings. The highest BCUT2D eigenvalue weighted by Gasteiger charge is 2.15. The van der Waals surface area contributed by atoms with E-state index in [0.717, 1.165) is 55.6 Å². The van der Waals surface area contributed by atoms with Crippen LogP contribution < -0.4 is 5.32 Å². The monoisotopic (exact) mass is 380 g/mol. The fourth-order valence-electron chi connectivity index (χ4n) is 3.72. The number of nitrogens with one attached hydrogen (secondary N) is 3. The van der Waals surface area contributed by atoms with Crippen LogP contribution in [0.2, 0.25) is 0 Å². The molecule has 0 amide bonds. The molecule has 1 aromatic carbocycles. The van der Waals surface area contributed by atoms with Gasteiger partial charge in [0.05, 0.1) is 11.4 Å². The van der Waals surface area contributed by atoms with Crippen molar-refractivity contribution in [3.8, 4) is 22.5 Å². The molecule has 0 spiro atoms. The fourth-order valence-corrected chi connectivity index (χ4v) is 3.72. The summed E-state index contributed by atoms with van der Waals surface area (Å²) in [5.74, 6) is 0. The summed E-state index contributed by atoms with van der Waals surface area (Å²) in [6.45, 7) is 6.15. The number of aromatic amines is 2. The van der Waals surface area contributed by atoms with Crippen LogP contribution in [0.3, 0.4) is 0 Å². The Labute approximate surface area is 167 Å². The van der Waals surface area contributed by atoms with Gasteiger partial charge in [0.1, 0.15) is 0 Å². The highest BCUT2D eigenvalue weighted by atomic mass is 15.2. The zero-order chi connectivity index (χ0) is 20.0. The molecule has 6 nitrogen and oxygen atoms in total. The van der Waals surface area contributed by atoms with Crippen LogP contribution in [-0.4, -0.2) is 32.2 Å². The van der Waals surface area contributed by atoms with Gasteiger partial charge in [-0.05, 0) is 30.7 Å². The van der Waals surface area contributed by atoms with Gasteiger partial charge in [-0.3, -0.25) is 10.1 Å². The highest BCUT2D eigenvalue weighted by Crippen LogP contribution is 2.32. The molecule has 5 aromatic rings. The number of benzene rings is 1. The first-order valence-corrected chi connectivity index (χ1v) is 9.40. The Balaban J connectivity index is 1.67. The maximum atomic E-state index is 4.57. The second kappa shape index (κ2) is 6.60. The minimum Gasteiger partial charge on any atom is -0.388 e. The number of pyridine rings is 2. The molecule has 0 aliphatic rings. The smallest absolute Gasteiger partial charge is 0.181 e. The number of nitrogens with zero attached hydrogens (tertiary/aromatic N) is 3. The number of H-pyrrole nitrogens is 2. The molecule has 29 heavy (non-hydrogen) atoms. The Morgan fingerprint density at radius 2 is 1.97 bits per heavy atom. The lowest BCUT2D eigenvalue weighted by molar-refractivity contribution is 1.10. The number of rotatable bonds is 4. The maximum absolute atomic E-state index is 4.57. The first kappa shape index (κ1) is 17.2. The van der Waals surface area contributed by atoms with Crippen LogP contribution in [0.1, 0.15) is 11.1 Å². The maximum Gasteiger partial charge on any atom is 0.181 e. The van der Waals surface area contributed by atoms with Crippen molar-refractivity contribution < 1.29 is 0 Å². The van der Waals surface area contributed by atoms with E-state index in [1.807, 2.05) is 37.8 Å². The van der Waals surface area contributed by atoms with Crippen molar-refractivity contribution >= 4 is 27.6 Å². The largest absolute Gasteiger partial charge is 0.388 e. The minimum absolute atomic E-state index is 0.684. The molecule has 4 heterocycles. The molecular formula is C23H20N6. The summed E-state index contributed by atoms with van der Waals surface area (Å²) in [5.41, 5.74) is 8.64. The Bertz CT molecular complexity index is 1340. The summed E-state index contributed by atoms with van der Waals surface area (Å²) < 4.78 is 0. The van der Waals surface area contributed by atoms with Crippen molar-refractivity contribution in [1.29, 1.82) is 0 Å². The summed E-state index contributed by atoms with van der Waals surface area (Å²) in [6.07, 6.45) is 5.54. The SMILES string of the molecule is C=C(NC)c1cncc(-c2cnc3n[nH]c(-c4cc5ccccc5[nH]4)c3c2)c1C. The second-order valence-electron chi connectivity index (χ2n) is 7.05. The number of hydrogen-bond donors (Lipinski definition) is 3. The van der Waals surface area contributed by atoms with E-state index in [0.29, 0.717) is 5.65 Å². The topological polar surface area (TPSA) is 82.3 Å². The fraction of sp³-hybridized carbons (Fsp3) is 0.0870. The van der Waals surface area contributed by atoms with E-state index in [-0.39, 0.29) is 0 Å². The molecule has 142 valence electrons. The van der Waals surface area contributed by atoms with Crippen molar-refractivity contribution in [2.75, 3.05) is 7.05 Å². The molecule has 0 radical (unpaired) electrons. The molecule has 0 saturated carbocycles. The number of aromatic nitrogens is 5. The van der Waals surface area contributed by atoms with E-state index in [2.05, 4.69) is 68.2 Å². The quantitative estimate of drug-likeness (QED) is 0.423. The molecule has 0 atom stereocenters. The van der Waals surface area contributed by atoms with Crippen LogP contribution in [0, 0.1) is 6.92 Å². The molecule has 0 aliphatic heterocycles. The predicted octanol–water partition coefficient (Wildman–Crippen LogP) is 4.67. The van der Waals surface area contributed by atoms with Crippen LogP contribution in [0.5, 0.6) is 0 Å². The Hall–Kier alpha value is -3.93. The number of para-hydroxylation sites is 1. The molecule has 5 rings (SSSR count). The zero-order valence-corrected chi connectivity index (χ0v) is 16.2. The van der Waals surface area contributed by atoms with Crippen molar-refractivity contribution in [3.05, 3.63) is 72.7 Å². The van der Waals surface area contributed by atoms with Crippen molar-refractivity contribution in [3.63, 3.8) is 0 Å². The van der Waals surface area contributed by atoms with Gasteiger partial charge in [-0.2, -0.15) is 5.10 Å². The third-order valence-electron chi connectivity index (χ3n) is 5.36. The first-order valence-electron chi connectivity index (χ1n) is 9.40. The second-order valence-corrected chi connectivity index (χ2v) is 7.05. The van der Waals surface area contributed by atoms with Gasteiger partial charge in [-0.25, -0.2) is 4.98 Å². The molecule has 0 aliphatic carbocycles. The van der Waals surface area contributed by atoms with Crippen LogP contribution in [0.15, 0.2) is 61.6 Å². The summed E-state index contributed by atoms with van der Waals surface area (Å²) in [5, 5.41) is 12.7. The standard InChI is InChI=1S/C23H20N6/c1-13-18(14(2)24-3)11-25-12-19(13)16-8-17-22(28-29-23(17)26-10-16)21-9-15-6-4-5-7-20(15)27-21/h4-12,24,27H,2H2,1,3H3,(H,26,28,29). The Morgan fingerprint density at radius 3 is 2.79 bits per heavy atom. The Morgan fingerprint density at radius 1 is 1.10 bits per heavy atom. The molecule has 0 bridgehead atoms. The van der Waals surface area contributed by atoms with Gasteiger partial charge in [0.15, 0.2) is 5.65 Å². The predicted molar refractivity (Wildman–Crippen MR) is 117 cm³/mol. The lowest BCUT2D eigenvalue weighted by Crippen LogP contribution is -2.05. The van der Waals surface area contributed by atoms with Gasteiger partial charge in [-0.1, -0.05) is 24.8 Å². The van der Waals surface area contributed by atoms with E-state index in [4.69, 9.17) is 0 Å². The van der Waals surface area contributed by atoms with Gasteiger partial charge in [0, 0.05) is 64.3 Å². The molecule has 0 saturated heterocycles. The van der Waals surface area contributed by atoms with E-state index >= 15 is 0 Å². The van der Waals surface area contributed by atoms with Crippen LogP contribution in [0.4, 0.5) is 0 Å². The Kier molecular flexibility index (Phi) is 3.91. The van der Waals surface area contributed by atoms with E-state index in [1.165, 1.54) is 0 Å². The van der Waals surface area contributed by atoms with Crippen LogP contribution in [-0.2, 0) is 0 Å². The average Bonchev–Trinajstić information content (AvgIpc) is 3.36. The van der Waals surface area contributed by atoms with Crippen molar-refractivity contribution in [1.82, 2.24) is 30.5 Å². The molecular weight excluding hydrogens is 360 g/mol. The lowest BCUT2D eigenvalue weighted by Gasteiger charge is -2.12.